The van der Waals surface area contributed by atoms with Crippen LogP contribution in [0.2, 0.25) is 5.02 Å². The monoisotopic (exact) mass is 356 g/mol. The van der Waals surface area contributed by atoms with Crippen molar-refractivity contribution >= 4 is 29.1 Å². The largest absolute Gasteiger partial charge is 0.335 e. The van der Waals surface area contributed by atoms with Crippen LogP contribution in [0.1, 0.15) is 36.6 Å². The Bertz CT molecular complexity index is 819. The van der Waals surface area contributed by atoms with Gasteiger partial charge in [-0.1, -0.05) is 41.9 Å². The smallest absolute Gasteiger partial charge is 0.227 e. The van der Waals surface area contributed by atoms with Gasteiger partial charge in [-0.2, -0.15) is 0 Å². The molecule has 2 amide bonds. The van der Waals surface area contributed by atoms with Crippen molar-refractivity contribution in [3.05, 3.63) is 64.2 Å². The molecule has 0 aromatic heterocycles. The number of benzene rings is 2. The highest BCUT2D eigenvalue weighted by Crippen LogP contribution is 2.31. The van der Waals surface area contributed by atoms with Gasteiger partial charge in [-0.05, 0) is 36.6 Å². The Balaban J connectivity index is 1.83. The summed E-state index contributed by atoms with van der Waals surface area (Å²) in [5, 5.41) is 3.25. The molecule has 0 spiro atoms. The lowest BCUT2D eigenvalue weighted by molar-refractivity contribution is -0.133. The van der Waals surface area contributed by atoms with Gasteiger partial charge in [0.15, 0.2) is 0 Å². The van der Waals surface area contributed by atoms with E-state index in [4.69, 9.17) is 11.6 Å². The number of nitrogens with zero attached hydrogens (tertiary/aromatic N) is 1. The Morgan fingerprint density at radius 2 is 1.96 bits per heavy atom. The van der Waals surface area contributed by atoms with Crippen molar-refractivity contribution in [1.82, 2.24) is 4.90 Å². The first-order valence-corrected chi connectivity index (χ1v) is 8.77. The number of amides is 2. The van der Waals surface area contributed by atoms with E-state index in [1.165, 1.54) is 18.1 Å². The molecule has 1 atom stereocenters. The summed E-state index contributed by atoms with van der Waals surface area (Å²) in [5.41, 5.74) is 3.76. The number of nitrogens with one attached hydrogen (secondary N) is 1. The molecule has 1 N–H and O–H groups in total. The maximum atomic E-state index is 12.9. The number of rotatable bonds is 3. The number of halogens is 1. The molecule has 0 saturated carbocycles. The molecule has 3 rings (SSSR count). The highest BCUT2D eigenvalue weighted by molar-refractivity contribution is 6.32. The van der Waals surface area contributed by atoms with Crippen LogP contribution in [0.15, 0.2) is 42.5 Å². The Kier molecular flexibility index (Phi) is 5.09. The van der Waals surface area contributed by atoms with Gasteiger partial charge in [-0.3, -0.25) is 9.59 Å². The van der Waals surface area contributed by atoms with Crippen LogP contribution in [-0.4, -0.2) is 23.3 Å². The second kappa shape index (κ2) is 7.28. The van der Waals surface area contributed by atoms with Gasteiger partial charge in [0.2, 0.25) is 11.8 Å². The van der Waals surface area contributed by atoms with E-state index in [1.807, 2.05) is 17.0 Å². The van der Waals surface area contributed by atoms with Gasteiger partial charge >= 0.3 is 0 Å². The van der Waals surface area contributed by atoms with Crippen molar-refractivity contribution in [1.29, 1.82) is 0 Å². The quantitative estimate of drug-likeness (QED) is 0.904. The molecule has 0 saturated heterocycles. The van der Waals surface area contributed by atoms with Crippen molar-refractivity contribution in [2.24, 2.45) is 0 Å². The van der Waals surface area contributed by atoms with E-state index in [1.54, 1.807) is 18.2 Å². The third kappa shape index (κ3) is 3.69. The summed E-state index contributed by atoms with van der Waals surface area (Å²) in [5.74, 6) is -0.169. The first-order chi connectivity index (χ1) is 12.0. The number of carbonyl (C=O) groups excluding carboxylic acids is 2. The third-order valence-electron chi connectivity index (χ3n) is 4.67. The minimum absolute atomic E-state index is 0.0155. The summed E-state index contributed by atoms with van der Waals surface area (Å²) in [6, 6.07) is 13.5. The number of carbonyl (C=O) groups is 2. The molecule has 0 unspecified atom stereocenters. The van der Waals surface area contributed by atoms with Crippen LogP contribution >= 0.6 is 11.6 Å². The molecule has 1 aliphatic heterocycles. The third-order valence-corrected chi connectivity index (χ3v) is 5.03. The predicted octanol–water partition coefficient (Wildman–Crippen LogP) is 3.99. The Morgan fingerprint density at radius 3 is 2.72 bits per heavy atom. The molecule has 0 aliphatic carbocycles. The first kappa shape index (κ1) is 17.5. The van der Waals surface area contributed by atoms with Crippen LogP contribution in [0.4, 0.5) is 5.69 Å². The summed E-state index contributed by atoms with van der Waals surface area (Å²) >= 11 is 6.29. The van der Waals surface area contributed by atoms with Crippen LogP contribution in [-0.2, 0) is 22.4 Å². The zero-order valence-corrected chi connectivity index (χ0v) is 15.1. The second-order valence-corrected chi connectivity index (χ2v) is 6.74. The molecular weight excluding hydrogens is 336 g/mol. The van der Waals surface area contributed by atoms with Gasteiger partial charge in [0, 0.05) is 29.7 Å². The van der Waals surface area contributed by atoms with Crippen molar-refractivity contribution in [2.45, 2.75) is 32.7 Å². The molecular formula is C20H21ClN2O2. The normalized spacial score (nSPS) is 16.3. The maximum Gasteiger partial charge on any atom is 0.227 e. The maximum absolute atomic E-state index is 12.9. The molecule has 4 nitrogen and oxygen atoms in total. The highest BCUT2D eigenvalue weighted by atomic mass is 35.5. The van der Waals surface area contributed by atoms with E-state index in [0.29, 0.717) is 22.8 Å². The van der Waals surface area contributed by atoms with Crippen LogP contribution in [0.3, 0.4) is 0 Å². The molecule has 2 aromatic rings. The summed E-state index contributed by atoms with van der Waals surface area (Å²) in [6.45, 7) is 4.18. The summed E-state index contributed by atoms with van der Waals surface area (Å²) in [7, 11) is 0. The molecule has 0 bridgehead atoms. The Hall–Kier alpha value is -2.33. The SMILES string of the molecule is CC(=O)Nc1cccc(Cl)c1CC(=O)N1CCc2ccccc2[C@@H]1C. The van der Waals surface area contributed by atoms with Gasteiger partial charge in [-0.25, -0.2) is 0 Å². The molecule has 2 aromatic carbocycles. The lowest BCUT2D eigenvalue weighted by atomic mass is 9.93. The molecule has 0 fully saturated rings. The van der Waals surface area contributed by atoms with E-state index < -0.39 is 0 Å². The minimum atomic E-state index is -0.184. The van der Waals surface area contributed by atoms with E-state index >= 15 is 0 Å². The Labute approximate surface area is 152 Å². The van der Waals surface area contributed by atoms with Gasteiger partial charge in [-0.15, -0.1) is 0 Å². The fourth-order valence-corrected chi connectivity index (χ4v) is 3.65. The van der Waals surface area contributed by atoms with Crippen molar-refractivity contribution < 1.29 is 9.59 Å². The zero-order chi connectivity index (χ0) is 18.0. The first-order valence-electron chi connectivity index (χ1n) is 8.39. The van der Waals surface area contributed by atoms with Crippen LogP contribution < -0.4 is 5.32 Å². The standard InChI is InChI=1S/C20H21ClN2O2/c1-13-16-7-4-3-6-15(16)10-11-23(13)20(25)12-17-18(21)8-5-9-19(17)22-14(2)24/h3-9,13H,10-12H2,1-2H3,(H,22,24)/t13-/m0/s1. The number of hydrogen-bond acceptors (Lipinski definition) is 2. The summed E-state index contributed by atoms with van der Waals surface area (Å²) in [6.07, 6.45) is 1.02. The molecule has 1 heterocycles. The van der Waals surface area contributed by atoms with Gasteiger partial charge in [0.25, 0.3) is 0 Å². The van der Waals surface area contributed by atoms with Crippen molar-refractivity contribution in [3.8, 4) is 0 Å². The fraction of sp³-hybridized carbons (Fsp3) is 0.300. The molecule has 1 aliphatic rings. The topological polar surface area (TPSA) is 49.4 Å². The zero-order valence-electron chi connectivity index (χ0n) is 14.4. The van der Waals surface area contributed by atoms with Crippen LogP contribution in [0, 0.1) is 0 Å². The lowest BCUT2D eigenvalue weighted by Crippen LogP contribution is -2.39. The summed E-state index contributed by atoms with van der Waals surface area (Å²) < 4.78 is 0. The molecule has 5 heteroatoms. The van der Waals surface area contributed by atoms with E-state index in [-0.39, 0.29) is 24.3 Å². The van der Waals surface area contributed by atoms with Gasteiger partial charge < -0.3 is 10.2 Å². The second-order valence-electron chi connectivity index (χ2n) is 6.34. The van der Waals surface area contributed by atoms with E-state index in [2.05, 4.69) is 24.4 Å². The number of anilines is 1. The molecule has 0 radical (unpaired) electrons. The van der Waals surface area contributed by atoms with E-state index in [9.17, 15) is 9.59 Å². The average Bonchev–Trinajstić information content (AvgIpc) is 2.58. The predicted molar refractivity (Wildman–Crippen MR) is 99.7 cm³/mol. The van der Waals surface area contributed by atoms with Crippen molar-refractivity contribution in [3.63, 3.8) is 0 Å². The molecule has 25 heavy (non-hydrogen) atoms. The van der Waals surface area contributed by atoms with Crippen LogP contribution in [0.25, 0.3) is 0 Å². The Morgan fingerprint density at radius 1 is 1.20 bits per heavy atom. The highest BCUT2D eigenvalue weighted by Gasteiger charge is 2.28. The minimum Gasteiger partial charge on any atom is -0.335 e. The van der Waals surface area contributed by atoms with Gasteiger partial charge in [0.05, 0.1) is 12.5 Å². The molecule has 130 valence electrons. The fourth-order valence-electron chi connectivity index (χ4n) is 3.41. The average molecular weight is 357 g/mol. The van der Waals surface area contributed by atoms with Crippen molar-refractivity contribution in [2.75, 3.05) is 11.9 Å². The lowest BCUT2D eigenvalue weighted by Gasteiger charge is -2.35. The van der Waals surface area contributed by atoms with E-state index in [0.717, 1.165) is 6.42 Å². The van der Waals surface area contributed by atoms with Gasteiger partial charge in [0.1, 0.15) is 0 Å². The number of hydrogen-bond donors (Lipinski definition) is 1. The summed E-state index contributed by atoms with van der Waals surface area (Å²) in [4.78, 5) is 26.2. The van der Waals surface area contributed by atoms with Crippen LogP contribution in [0.5, 0.6) is 0 Å². The number of fused-ring (bicyclic) bond motifs is 1.